The van der Waals surface area contributed by atoms with Gasteiger partial charge in [0.1, 0.15) is 0 Å². The first-order chi connectivity index (χ1) is 10.5. The van der Waals surface area contributed by atoms with Crippen LogP contribution in [0.4, 0.5) is 13.5 Å². The van der Waals surface area contributed by atoms with Gasteiger partial charge in [-0.3, -0.25) is 0 Å². The molecule has 0 spiro atoms. The molecular weight excluding hydrogens is 348 g/mol. The zero-order valence-electron chi connectivity index (χ0n) is 12.3. The summed E-state index contributed by atoms with van der Waals surface area (Å²) >= 11 is 0. The molecular formula is C14H15F2NO4S2. The first-order valence-corrected chi connectivity index (χ1v) is 8.98. The topological polar surface area (TPSA) is 71.5 Å². The molecule has 0 bridgehead atoms. The Morgan fingerprint density at radius 3 is 1.39 bits per heavy atom. The van der Waals surface area contributed by atoms with Gasteiger partial charge in [-0.1, -0.05) is 61.4 Å². The second kappa shape index (κ2) is 7.51. The Hall–Kier alpha value is -2.00. The summed E-state index contributed by atoms with van der Waals surface area (Å²) in [5.74, 6) is 0. The monoisotopic (exact) mass is 363 g/mol. The van der Waals surface area contributed by atoms with Gasteiger partial charge in [-0.25, -0.2) is 0 Å². The van der Waals surface area contributed by atoms with Crippen LogP contribution in [0.5, 0.6) is 0 Å². The van der Waals surface area contributed by atoms with Crippen LogP contribution in [0, 0.1) is 13.8 Å². The molecule has 0 atom stereocenters. The third-order valence-corrected chi connectivity index (χ3v) is 4.86. The number of benzene rings is 2. The van der Waals surface area contributed by atoms with Crippen molar-refractivity contribution in [2.24, 2.45) is 0 Å². The van der Waals surface area contributed by atoms with Gasteiger partial charge in [0.2, 0.25) is 0 Å². The van der Waals surface area contributed by atoms with Gasteiger partial charge < -0.3 is 0 Å². The third-order valence-electron chi connectivity index (χ3n) is 2.58. The molecule has 23 heavy (non-hydrogen) atoms. The summed E-state index contributed by atoms with van der Waals surface area (Å²) < 4.78 is 66.3. The number of anilines is 1. The molecule has 2 aromatic carbocycles. The lowest BCUT2D eigenvalue weighted by Crippen LogP contribution is -2.31. The minimum absolute atomic E-state index is 0.629. The first kappa shape index (κ1) is 19.0. The van der Waals surface area contributed by atoms with E-state index in [-0.39, 0.29) is 0 Å². The zero-order valence-corrected chi connectivity index (χ0v) is 14.0. The van der Waals surface area contributed by atoms with Crippen molar-refractivity contribution in [3.63, 3.8) is 0 Å². The summed E-state index contributed by atoms with van der Waals surface area (Å²) in [7, 11) is -11.4. The highest BCUT2D eigenvalue weighted by molar-refractivity contribution is 8.05. The molecule has 126 valence electrons. The van der Waals surface area contributed by atoms with Crippen LogP contribution >= 0.6 is 0 Å². The Labute approximate surface area is 134 Å². The molecule has 0 saturated heterocycles. The molecule has 0 aliphatic carbocycles. The molecule has 5 nitrogen and oxygen atoms in total. The number of aryl methyl sites for hydroxylation is 2. The lowest BCUT2D eigenvalue weighted by molar-refractivity contribution is 0.536. The van der Waals surface area contributed by atoms with Gasteiger partial charge in [-0.2, -0.15) is 16.8 Å². The van der Waals surface area contributed by atoms with E-state index in [0.29, 0.717) is 5.56 Å². The summed E-state index contributed by atoms with van der Waals surface area (Å²) in [6.07, 6.45) is 0. The second-order valence-corrected chi connectivity index (χ2v) is 7.18. The molecule has 9 heteroatoms. The van der Waals surface area contributed by atoms with Crippen LogP contribution in [0.1, 0.15) is 11.1 Å². The zero-order chi connectivity index (χ0) is 17.7. The SMILES string of the molecule is Cc1ccc(N(S(=O)(=O)F)S(=O)(=O)F)cc1.Cc1ccccc1. The van der Waals surface area contributed by atoms with Crippen molar-refractivity contribution in [2.45, 2.75) is 13.8 Å². The predicted molar refractivity (Wildman–Crippen MR) is 84.9 cm³/mol. The predicted octanol–water partition coefficient (Wildman–Crippen LogP) is 3.23. The van der Waals surface area contributed by atoms with Crippen molar-refractivity contribution in [1.82, 2.24) is 0 Å². The summed E-state index contributed by atoms with van der Waals surface area (Å²) in [6, 6.07) is 14.8. The van der Waals surface area contributed by atoms with Crippen LogP contribution in [-0.2, 0) is 20.8 Å². The fraction of sp³-hybridized carbons (Fsp3) is 0.143. The number of rotatable bonds is 3. The lowest BCUT2D eigenvalue weighted by atomic mass is 10.2. The standard InChI is InChI=1S/C7H7F2NO4S2.C7H8/c1-6-2-4-7(5-3-6)10(15(8,11)12)16(9,13)14;1-7-5-3-2-4-6-7/h2-5H,1H3;2-6H,1H3. The molecule has 0 amide bonds. The Morgan fingerprint density at radius 2 is 1.09 bits per heavy atom. The lowest BCUT2D eigenvalue weighted by Gasteiger charge is -2.13. The van der Waals surface area contributed by atoms with E-state index in [1.807, 2.05) is 18.2 Å². The smallest absolute Gasteiger partial charge is 0.170 e. The normalized spacial score (nSPS) is 11.3. The molecule has 0 fully saturated rings. The van der Waals surface area contributed by atoms with Crippen LogP contribution < -0.4 is 3.71 Å². The quantitative estimate of drug-likeness (QED) is 0.785. The molecule has 2 rings (SSSR count). The molecule has 0 N–H and O–H groups in total. The fourth-order valence-electron chi connectivity index (χ4n) is 1.56. The summed E-state index contributed by atoms with van der Waals surface area (Å²) in [5.41, 5.74) is 1.37. The van der Waals surface area contributed by atoms with Gasteiger partial charge in [0.05, 0.1) is 5.69 Å². The maximum absolute atomic E-state index is 12.6. The molecule has 0 aliphatic rings. The van der Waals surface area contributed by atoms with E-state index in [2.05, 4.69) is 19.1 Å². The van der Waals surface area contributed by atoms with E-state index < -0.39 is 30.2 Å². The maximum Gasteiger partial charge on any atom is 0.414 e. The highest BCUT2D eigenvalue weighted by Gasteiger charge is 2.34. The Balaban J connectivity index is 0.000000313. The number of hydrogen-bond donors (Lipinski definition) is 0. The van der Waals surface area contributed by atoms with Crippen LogP contribution in [-0.4, -0.2) is 16.8 Å². The molecule has 0 radical (unpaired) electrons. The average molecular weight is 363 g/mol. The fourth-order valence-corrected chi connectivity index (χ4v) is 3.16. The molecule has 0 aliphatic heterocycles. The molecule has 0 unspecified atom stereocenters. The molecule has 0 heterocycles. The van der Waals surface area contributed by atoms with E-state index in [1.165, 1.54) is 17.7 Å². The van der Waals surface area contributed by atoms with E-state index in [9.17, 15) is 24.6 Å². The van der Waals surface area contributed by atoms with Crippen LogP contribution in [0.2, 0.25) is 0 Å². The summed E-state index contributed by atoms with van der Waals surface area (Å²) in [5, 5.41) is 0. The first-order valence-electron chi connectivity index (χ1n) is 6.30. The molecule has 0 aromatic heterocycles. The largest absolute Gasteiger partial charge is 0.414 e. The minimum Gasteiger partial charge on any atom is -0.170 e. The van der Waals surface area contributed by atoms with Gasteiger partial charge in [0, 0.05) is 0 Å². The van der Waals surface area contributed by atoms with Crippen molar-refractivity contribution >= 4 is 26.5 Å². The minimum atomic E-state index is -5.72. The van der Waals surface area contributed by atoms with Crippen molar-refractivity contribution < 1.29 is 24.6 Å². The Kier molecular flexibility index (Phi) is 6.22. The average Bonchev–Trinajstić information content (AvgIpc) is 2.40. The van der Waals surface area contributed by atoms with E-state index in [1.54, 1.807) is 6.92 Å². The van der Waals surface area contributed by atoms with Crippen molar-refractivity contribution in [3.8, 4) is 0 Å². The van der Waals surface area contributed by atoms with Gasteiger partial charge in [0.15, 0.2) is 0 Å². The van der Waals surface area contributed by atoms with Crippen molar-refractivity contribution in [3.05, 3.63) is 65.7 Å². The van der Waals surface area contributed by atoms with Crippen LogP contribution in [0.25, 0.3) is 0 Å². The summed E-state index contributed by atoms with van der Waals surface area (Å²) in [6.45, 7) is 3.72. The van der Waals surface area contributed by atoms with Crippen molar-refractivity contribution in [1.29, 1.82) is 0 Å². The van der Waals surface area contributed by atoms with E-state index >= 15 is 0 Å². The van der Waals surface area contributed by atoms with Gasteiger partial charge in [-0.05, 0) is 26.0 Å². The highest BCUT2D eigenvalue weighted by Crippen LogP contribution is 2.24. The maximum atomic E-state index is 12.6. The van der Waals surface area contributed by atoms with Crippen molar-refractivity contribution in [2.75, 3.05) is 3.71 Å². The van der Waals surface area contributed by atoms with Gasteiger partial charge >= 0.3 is 20.8 Å². The molecule has 2 aromatic rings. The Bertz CT molecular complexity index is 804. The summed E-state index contributed by atoms with van der Waals surface area (Å²) in [4.78, 5) is 0. The number of halogens is 2. The number of nitrogens with zero attached hydrogens (tertiary/aromatic N) is 1. The van der Waals surface area contributed by atoms with Crippen LogP contribution in [0.3, 0.4) is 0 Å². The van der Waals surface area contributed by atoms with Gasteiger partial charge in [-0.15, -0.1) is 3.71 Å². The second-order valence-electron chi connectivity index (χ2n) is 4.57. The number of hydrogen-bond acceptors (Lipinski definition) is 4. The van der Waals surface area contributed by atoms with E-state index in [4.69, 9.17) is 0 Å². The van der Waals surface area contributed by atoms with E-state index in [0.717, 1.165) is 12.1 Å². The third kappa shape index (κ3) is 6.33. The van der Waals surface area contributed by atoms with Gasteiger partial charge in [0.25, 0.3) is 0 Å². The molecule has 0 saturated carbocycles. The Morgan fingerprint density at radius 1 is 0.696 bits per heavy atom. The highest BCUT2D eigenvalue weighted by atomic mass is 32.3. The van der Waals surface area contributed by atoms with Crippen LogP contribution in [0.15, 0.2) is 54.6 Å².